The number of benzene rings is 1. The van der Waals surface area contributed by atoms with Gasteiger partial charge in [0.1, 0.15) is 5.82 Å². The quantitative estimate of drug-likeness (QED) is 0.724. The molecule has 1 unspecified atom stereocenters. The summed E-state index contributed by atoms with van der Waals surface area (Å²) in [4.78, 5) is 38.4. The van der Waals surface area contributed by atoms with Gasteiger partial charge in [0.2, 0.25) is 5.91 Å². The summed E-state index contributed by atoms with van der Waals surface area (Å²) in [5.74, 6) is 1.55. The lowest BCUT2D eigenvalue weighted by molar-refractivity contribution is -0.135. The highest BCUT2D eigenvalue weighted by Gasteiger charge is 2.33. The second-order valence-corrected chi connectivity index (χ2v) is 8.82. The van der Waals surface area contributed by atoms with Crippen LogP contribution in [0.1, 0.15) is 39.0 Å². The molecule has 176 valence electrons. The SMILES string of the molecule is CCNC(=O)Nc1ccc(-c2nc3c(c(N4CCOCC4C)n2)CN(C(=O)C(C)C)C3)cc1. The molecule has 1 atom stereocenters. The summed E-state index contributed by atoms with van der Waals surface area (Å²) in [6, 6.07) is 7.44. The Hall–Kier alpha value is -3.20. The molecule has 2 aliphatic heterocycles. The Balaban J connectivity index is 1.67. The van der Waals surface area contributed by atoms with E-state index in [-0.39, 0.29) is 23.9 Å². The molecule has 4 rings (SSSR count). The predicted molar refractivity (Wildman–Crippen MR) is 127 cm³/mol. The van der Waals surface area contributed by atoms with E-state index in [2.05, 4.69) is 22.5 Å². The third-order valence-electron chi connectivity index (χ3n) is 5.94. The Kier molecular flexibility index (Phi) is 6.78. The molecule has 33 heavy (non-hydrogen) atoms. The van der Waals surface area contributed by atoms with Crippen molar-refractivity contribution in [2.75, 3.05) is 36.5 Å². The number of hydrogen-bond acceptors (Lipinski definition) is 6. The van der Waals surface area contributed by atoms with E-state index in [0.29, 0.717) is 44.4 Å². The van der Waals surface area contributed by atoms with Crippen molar-refractivity contribution in [1.29, 1.82) is 0 Å². The summed E-state index contributed by atoms with van der Waals surface area (Å²) in [6.07, 6.45) is 0. The molecule has 0 bridgehead atoms. The smallest absolute Gasteiger partial charge is 0.319 e. The molecule has 0 saturated carbocycles. The van der Waals surface area contributed by atoms with Gasteiger partial charge in [-0.2, -0.15) is 0 Å². The van der Waals surface area contributed by atoms with Gasteiger partial charge in [0, 0.05) is 35.8 Å². The van der Waals surface area contributed by atoms with Crippen LogP contribution in [-0.2, 0) is 22.6 Å². The van der Waals surface area contributed by atoms with Crippen LogP contribution in [0.2, 0.25) is 0 Å². The Morgan fingerprint density at radius 2 is 1.94 bits per heavy atom. The first-order valence-corrected chi connectivity index (χ1v) is 11.6. The maximum absolute atomic E-state index is 12.7. The van der Waals surface area contributed by atoms with Gasteiger partial charge in [-0.15, -0.1) is 0 Å². The topological polar surface area (TPSA) is 99.7 Å². The van der Waals surface area contributed by atoms with E-state index in [1.54, 1.807) is 0 Å². The molecule has 1 aromatic carbocycles. The van der Waals surface area contributed by atoms with Crippen LogP contribution < -0.4 is 15.5 Å². The maximum atomic E-state index is 12.7. The number of carbonyl (C=O) groups is 2. The number of urea groups is 1. The molecule has 0 radical (unpaired) electrons. The van der Waals surface area contributed by atoms with Gasteiger partial charge in [0.25, 0.3) is 0 Å². The molecule has 2 aromatic rings. The number of nitrogens with zero attached hydrogens (tertiary/aromatic N) is 4. The highest BCUT2D eigenvalue weighted by atomic mass is 16.5. The van der Waals surface area contributed by atoms with Gasteiger partial charge >= 0.3 is 6.03 Å². The standard InChI is InChI=1S/C24H32N6O3/c1-5-25-24(32)26-18-8-6-17(7-9-18)21-27-20-13-29(23(31)15(2)3)12-19(20)22(28-21)30-10-11-33-14-16(30)4/h6-9,15-16H,5,10-14H2,1-4H3,(H2,25,26,32). The number of ether oxygens (including phenoxy) is 1. The molecule has 3 heterocycles. The minimum absolute atomic E-state index is 0.0672. The van der Waals surface area contributed by atoms with Crippen molar-refractivity contribution in [3.63, 3.8) is 0 Å². The zero-order chi connectivity index (χ0) is 23.5. The van der Waals surface area contributed by atoms with Gasteiger partial charge in [0.05, 0.1) is 38.0 Å². The Morgan fingerprint density at radius 3 is 2.61 bits per heavy atom. The number of nitrogens with one attached hydrogen (secondary N) is 2. The molecule has 1 aromatic heterocycles. The van der Waals surface area contributed by atoms with Crippen LogP contribution in [0, 0.1) is 5.92 Å². The van der Waals surface area contributed by atoms with E-state index in [4.69, 9.17) is 14.7 Å². The summed E-state index contributed by atoms with van der Waals surface area (Å²) in [5, 5.41) is 5.52. The summed E-state index contributed by atoms with van der Waals surface area (Å²) < 4.78 is 5.63. The number of carbonyl (C=O) groups excluding carboxylic acids is 2. The van der Waals surface area contributed by atoms with Crippen LogP contribution in [0.3, 0.4) is 0 Å². The number of rotatable bonds is 5. The molecule has 1 saturated heterocycles. The number of aromatic nitrogens is 2. The summed E-state index contributed by atoms with van der Waals surface area (Å²) >= 11 is 0. The van der Waals surface area contributed by atoms with Crippen LogP contribution in [0.15, 0.2) is 24.3 Å². The number of amides is 3. The zero-order valence-electron chi connectivity index (χ0n) is 19.7. The number of fused-ring (bicyclic) bond motifs is 1. The van der Waals surface area contributed by atoms with Gasteiger partial charge in [0.15, 0.2) is 5.82 Å². The Labute approximate surface area is 194 Å². The molecule has 0 aliphatic carbocycles. The third kappa shape index (κ3) is 4.93. The van der Waals surface area contributed by atoms with E-state index >= 15 is 0 Å². The normalized spacial score (nSPS) is 17.8. The first kappa shape index (κ1) is 23.0. The minimum atomic E-state index is -0.238. The summed E-state index contributed by atoms with van der Waals surface area (Å²) in [7, 11) is 0. The third-order valence-corrected chi connectivity index (χ3v) is 5.94. The van der Waals surface area contributed by atoms with Gasteiger partial charge in [-0.25, -0.2) is 14.8 Å². The van der Waals surface area contributed by atoms with E-state index in [1.807, 2.05) is 49.9 Å². The molecule has 9 nitrogen and oxygen atoms in total. The molecular weight excluding hydrogens is 420 g/mol. The van der Waals surface area contributed by atoms with E-state index in [1.165, 1.54) is 0 Å². The monoisotopic (exact) mass is 452 g/mol. The van der Waals surface area contributed by atoms with Gasteiger partial charge in [-0.3, -0.25) is 4.79 Å². The lowest BCUT2D eigenvalue weighted by atomic mass is 10.1. The molecule has 2 N–H and O–H groups in total. The molecule has 2 aliphatic rings. The predicted octanol–water partition coefficient (Wildman–Crippen LogP) is 3.01. The van der Waals surface area contributed by atoms with Crippen molar-refractivity contribution >= 4 is 23.4 Å². The fraction of sp³-hybridized carbons (Fsp3) is 0.500. The summed E-state index contributed by atoms with van der Waals surface area (Å²) in [6.45, 7) is 11.5. The van der Waals surface area contributed by atoms with E-state index in [0.717, 1.165) is 29.2 Å². The van der Waals surface area contributed by atoms with Gasteiger partial charge < -0.3 is 25.2 Å². The first-order valence-electron chi connectivity index (χ1n) is 11.6. The van der Waals surface area contributed by atoms with Crippen molar-refractivity contribution in [3.8, 4) is 11.4 Å². The van der Waals surface area contributed by atoms with Crippen LogP contribution >= 0.6 is 0 Å². The Morgan fingerprint density at radius 1 is 1.18 bits per heavy atom. The average molecular weight is 453 g/mol. The second-order valence-electron chi connectivity index (χ2n) is 8.82. The largest absolute Gasteiger partial charge is 0.377 e. The fourth-order valence-electron chi connectivity index (χ4n) is 4.21. The van der Waals surface area contributed by atoms with Crippen molar-refractivity contribution < 1.29 is 14.3 Å². The van der Waals surface area contributed by atoms with E-state index < -0.39 is 0 Å². The average Bonchev–Trinajstić information content (AvgIpc) is 3.23. The highest BCUT2D eigenvalue weighted by molar-refractivity contribution is 5.89. The van der Waals surface area contributed by atoms with Crippen LogP contribution in [0.25, 0.3) is 11.4 Å². The van der Waals surface area contributed by atoms with Crippen LogP contribution in [0.5, 0.6) is 0 Å². The number of anilines is 2. The van der Waals surface area contributed by atoms with Crippen LogP contribution in [-0.4, -0.2) is 59.2 Å². The van der Waals surface area contributed by atoms with Crippen molar-refractivity contribution in [1.82, 2.24) is 20.2 Å². The molecule has 0 spiro atoms. The van der Waals surface area contributed by atoms with Crippen molar-refractivity contribution in [2.45, 2.75) is 46.8 Å². The second kappa shape index (κ2) is 9.74. The highest BCUT2D eigenvalue weighted by Crippen LogP contribution is 2.34. The molecular formula is C24H32N6O3. The van der Waals surface area contributed by atoms with Gasteiger partial charge in [-0.05, 0) is 38.1 Å². The van der Waals surface area contributed by atoms with Gasteiger partial charge in [-0.1, -0.05) is 13.8 Å². The lowest BCUT2D eigenvalue weighted by Gasteiger charge is -2.35. The number of morpholine rings is 1. The van der Waals surface area contributed by atoms with Crippen molar-refractivity contribution in [2.24, 2.45) is 5.92 Å². The lowest BCUT2D eigenvalue weighted by Crippen LogP contribution is -2.44. The molecule has 1 fully saturated rings. The molecule has 9 heteroatoms. The summed E-state index contributed by atoms with van der Waals surface area (Å²) in [5.41, 5.74) is 3.47. The number of hydrogen-bond donors (Lipinski definition) is 2. The van der Waals surface area contributed by atoms with Crippen LogP contribution in [0.4, 0.5) is 16.3 Å². The Bertz CT molecular complexity index is 1020. The van der Waals surface area contributed by atoms with Crippen molar-refractivity contribution in [3.05, 3.63) is 35.5 Å². The maximum Gasteiger partial charge on any atom is 0.319 e. The van der Waals surface area contributed by atoms with E-state index in [9.17, 15) is 9.59 Å². The minimum Gasteiger partial charge on any atom is -0.377 e. The zero-order valence-corrected chi connectivity index (χ0v) is 19.7. The molecule has 3 amide bonds. The fourth-order valence-corrected chi connectivity index (χ4v) is 4.21. The first-order chi connectivity index (χ1) is 15.9.